The lowest BCUT2D eigenvalue weighted by Gasteiger charge is -2.29. The molecule has 1 N–H and O–H groups in total. The summed E-state index contributed by atoms with van der Waals surface area (Å²) in [5.41, 5.74) is 0.0382. The first-order valence-corrected chi connectivity index (χ1v) is 7.64. The van der Waals surface area contributed by atoms with E-state index in [0.29, 0.717) is 28.6 Å². The number of aliphatic hydroxyl groups is 1. The molecule has 1 aromatic heterocycles. The Labute approximate surface area is 133 Å². The van der Waals surface area contributed by atoms with Crippen LogP contribution in [0.5, 0.6) is 0 Å². The topological polar surface area (TPSA) is 33.1 Å². The molecule has 5 heteroatoms. The van der Waals surface area contributed by atoms with Gasteiger partial charge < -0.3 is 5.11 Å². The highest BCUT2D eigenvalue weighted by Crippen LogP contribution is 2.35. The quantitative estimate of drug-likeness (QED) is 0.480. The molecular formula is C16H16Cl2FNO. The zero-order chi connectivity index (χ0) is 15.3. The molecule has 0 saturated carbocycles. The maximum Gasteiger partial charge on any atom is 0.129 e. The van der Waals surface area contributed by atoms with Gasteiger partial charge in [-0.05, 0) is 54.7 Å². The average Bonchev–Trinajstić information content (AvgIpc) is 2.48. The number of unbranched alkanes of at least 4 members (excludes halogenated alkanes) is 1. The summed E-state index contributed by atoms with van der Waals surface area (Å²) < 4.78 is 13.1. The Bertz CT molecular complexity index is 591. The van der Waals surface area contributed by atoms with Gasteiger partial charge >= 0.3 is 0 Å². The monoisotopic (exact) mass is 327 g/mol. The second-order valence-electron chi connectivity index (χ2n) is 4.88. The van der Waals surface area contributed by atoms with E-state index in [4.69, 9.17) is 23.2 Å². The van der Waals surface area contributed by atoms with Crippen LogP contribution in [0.4, 0.5) is 4.39 Å². The van der Waals surface area contributed by atoms with E-state index in [1.165, 1.54) is 12.1 Å². The summed E-state index contributed by atoms with van der Waals surface area (Å²) in [7, 11) is 0. The van der Waals surface area contributed by atoms with Crippen LogP contribution in [0.25, 0.3) is 0 Å². The fraction of sp³-hybridized carbons (Fsp3) is 0.312. The van der Waals surface area contributed by atoms with Crippen molar-refractivity contribution in [3.05, 3.63) is 64.7 Å². The number of benzene rings is 1. The van der Waals surface area contributed by atoms with Gasteiger partial charge in [-0.2, -0.15) is 0 Å². The van der Waals surface area contributed by atoms with Gasteiger partial charge in [0, 0.05) is 12.1 Å². The Kier molecular flexibility index (Phi) is 5.57. The summed E-state index contributed by atoms with van der Waals surface area (Å²) in [6.45, 7) is 0. The minimum atomic E-state index is -1.23. The molecule has 2 aromatic rings. The van der Waals surface area contributed by atoms with Gasteiger partial charge in [-0.25, -0.2) is 9.37 Å². The molecule has 2 rings (SSSR count). The van der Waals surface area contributed by atoms with E-state index in [1.54, 1.807) is 30.5 Å². The molecule has 0 aliphatic rings. The molecule has 1 aromatic carbocycles. The molecule has 0 saturated heterocycles. The van der Waals surface area contributed by atoms with Crippen molar-refractivity contribution in [1.29, 1.82) is 0 Å². The van der Waals surface area contributed by atoms with Crippen molar-refractivity contribution in [2.75, 3.05) is 5.88 Å². The summed E-state index contributed by atoms with van der Waals surface area (Å²) in [6.07, 6.45) is 3.57. The summed E-state index contributed by atoms with van der Waals surface area (Å²) in [5.74, 6) is 0.200. The summed E-state index contributed by atoms with van der Waals surface area (Å²) >= 11 is 11.6. The predicted octanol–water partition coefficient (Wildman–Crippen LogP) is 4.52. The Balaban J connectivity index is 2.40. The normalized spacial score (nSPS) is 13.9. The van der Waals surface area contributed by atoms with Gasteiger partial charge in [-0.1, -0.05) is 23.7 Å². The third-order valence-corrected chi connectivity index (χ3v) is 3.92. The van der Waals surface area contributed by atoms with Crippen LogP contribution in [0.3, 0.4) is 0 Å². The zero-order valence-electron chi connectivity index (χ0n) is 11.4. The molecule has 0 fully saturated rings. The predicted molar refractivity (Wildman–Crippen MR) is 83.2 cm³/mol. The number of alkyl halides is 1. The fourth-order valence-electron chi connectivity index (χ4n) is 2.32. The molecule has 21 heavy (non-hydrogen) atoms. The van der Waals surface area contributed by atoms with E-state index in [9.17, 15) is 9.50 Å². The van der Waals surface area contributed by atoms with Crippen molar-refractivity contribution in [1.82, 2.24) is 4.98 Å². The smallest absolute Gasteiger partial charge is 0.129 e. The van der Waals surface area contributed by atoms with E-state index in [2.05, 4.69) is 4.98 Å². The van der Waals surface area contributed by atoms with E-state index in [1.807, 2.05) is 0 Å². The van der Waals surface area contributed by atoms with Crippen LogP contribution in [-0.2, 0) is 5.60 Å². The second kappa shape index (κ2) is 7.21. The molecule has 0 aliphatic carbocycles. The van der Waals surface area contributed by atoms with Gasteiger partial charge in [0.2, 0.25) is 0 Å². The van der Waals surface area contributed by atoms with Gasteiger partial charge in [-0.15, -0.1) is 11.6 Å². The first kappa shape index (κ1) is 16.2. The minimum Gasteiger partial charge on any atom is -0.380 e. The lowest BCUT2D eigenvalue weighted by atomic mass is 9.83. The number of aromatic nitrogens is 1. The summed E-state index contributed by atoms with van der Waals surface area (Å²) in [5, 5.41) is 11.5. The molecule has 2 nitrogen and oxygen atoms in total. The second-order valence-corrected chi connectivity index (χ2v) is 5.65. The highest BCUT2D eigenvalue weighted by atomic mass is 35.5. The molecule has 1 heterocycles. The number of hydrogen-bond donors (Lipinski definition) is 1. The average molecular weight is 328 g/mol. The van der Waals surface area contributed by atoms with Gasteiger partial charge in [0.15, 0.2) is 0 Å². The van der Waals surface area contributed by atoms with Crippen LogP contribution in [-0.4, -0.2) is 16.0 Å². The summed E-state index contributed by atoms with van der Waals surface area (Å²) in [6, 6.07) is 9.20. The van der Waals surface area contributed by atoms with Crippen molar-refractivity contribution in [2.24, 2.45) is 0 Å². The molecule has 112 valence electrons. The number of pyridine rings is 1. The van der Waals surface area contributed by atoms with Crippen LogP contribution >= 0.6 is 23.2 Å². The highest BCUT2D eigenvalue weighted by Gasteiger charge is 2.31. The minimum absolute atomic E-state index is 0.311. The summed E-state index contributed by atoms with van der Waals surface area (Å²) in [4.78, 5) is 3.93. The maximum atomic E-state index is 13.1. The number of halogens is 3. The highest BCUT2D eigenvalue weighted by molar-refractivity contribution is 6.29. The van der Waals surface area contributed by atoms with E-state index >= 15 is 0 Å². The molecule has 0 radical (unpaired) electrons. The van der Waals surface area contributed by atoms with Crippen molar-refractivity contribution in [3.8, 4) is 0 Å². The van der Waals surface area contributed by atoms with Crippen LogP contribution in [0, 0.1) is 5.82 Å². The maximum absolute atomic E-state index is 13.1. The molecular weight excluding hydrogens is 312 g/mol. The Morgan fingerprint density at radius 2 is 1.81 bits per heavy atom. The molecule has 1 atom stereocenters. The van der Waals surface area contributed by atoms with Crippen LogP contribution in [0.1, 0.15) is 30.4 Å². The van der Waals surface area contributed by atoms with Gasteiger partial charge in [0.05, 0.1) is 0 Å². The van der Waals surface area contributed by atoms with E-state index in [0.717, 1.165) is 12.8 Å². The SMILES string of the molecule is OC(CCCCCl)(c1ccc(F)cc1)c1ccnc(Cl)c1. The lowest BCUT2D eigenvalue weighted by Crippen LogP contribution is -2.27. The van der Waals surface area contributed by atoms with Crippen molar-refractivity contribution >= 4 is 23.2 Å². The van der Waals surface area contributed by atoms with Crippen LogP contribution in [0.2, 0.25) is 5.15 Å². The molecule has 0 spiro atoms. The fourth-order valence-corrected chi connectivity index (χ4v) is 2.68. The molecule has 1 unspecified atom stereocenters. The molecule has 0 bridgehead atoms. The van der Waals surface area contributed by atoms with Crippen LogP contribution in [0.15, 0.2) is 42.6 Å². The molecule has 0 aliphatic heterocycles. The largest absolute Gasteiger partial charge is 0.380 e. The number of nitrogens with zero attached hydrogens (tertiary/aromatic N) is 1. The van der Waals surface area contributed by atoms with Crippen molar-refractivity contribution in [3.63, 3.8) is 0 Å². The zero-order valence-corrected chi connectivity index (χ0v) is 12.9. The van der Waals surface area contributed by atoms with Crippen LogP contribution < -0.4 is 0 Å². The lowest BCUT2D eigenvalue weighted by molar-refractivity contribution is 0.0684. The number of hydrogen-bond acceptors (Lipinski definition) is 2. The first-order valence-electron chi connectivity index (χ1n) is 6.72. The van der Waals surface area contributed by atoms with Gasteiger partial charge in [-0.3, -0.25) is 0 Å². The molecule has 0 amide bonds. The Hall–Kier alpha value is -1.16. The van der Waals surface area contributed by atoms with Gasteiger partial charge in [0.1, 0.15) is 16.6 Å². The van der Waals surface area contributed by atoms with E-state index < -0.39 is 5.60 Å². The Morgan fingerprint density at radius 3 is 2.43 bits per heavy atom. The first-order chi connectivity index (χ1) is 10.1. The van der Waals surface area contributed by atoms with E-state index in [-0.39, 0.29) is 5.82 Å². The van der Waals surface area contributed by atoms with Crippen molar-refractivity contribution in [2.45, 2.75) is 24.9 Å². The Morgan fingerprint density at radius 1 is 1.10 bits per heavy atom. The van der Waals surface area contributed by atoms with Gasteiger partial charge in [0.25, 0.3) is 0 Å². The standard InChI is InChI=1S/C16H16Cl2FNO/c17-9-2-1-8-16(21,12-3-5-14(19)6-4-12)13-7-10-20-15(18)11-13/h3-7,10-11,21H,1-2,8-9H2. The third-order valence-electron chi connectivity index (χ3n) is 3.45. The number of rotatable bonds is 6. The third kappa shape index (κ3) is 3.94. The van der Waals surface area contributed by atoms with Crippen molar-refractivity contribution < 1.29 is 9.50 Å².